The van der Waals surface area contributed by atoms with E-state index in [-0.39, 0.29) is 0 Å². The van der Waals surface area contributed by atoms with Gasteiger partial charge in [0.15, 0.2) is 0 Å². The van der Waals surface area contributed by atoms with Crippen molar-refractivity contribution < 1.29 is 4.74 Å². The van der Waals surface area contributed by atoms with E-state index in [0.29, 0.717) is 6.04 Å². The zero-order valence-electron chi connectivity index (χ0n) is 9.19. The normalized spacial score (nSPS) is 12.6. The second-order valence-electron chi connectivity index (χ2n) is 3.57. The molecule has 16 heavy (non-hydrogen) atoms. The van der Waals surface area contributed by atoms with Gasteiger partial charge in [-0.15, -0.1) is 0 Å². The predicted octanol–water partition coefficient (Wildman–Crippen LogP) is 4.81. The minimum Gasteiger partial charge on any atom is -0.385 e. The first-order chi connectivity index (χ1) is 7.54. The maximum absolute atomic E-state index is 5.06. The average molecular weight is 416 g/mol. The number of methoxy groups -OCH3 is 1. The molecule has 0 saturated heterocycles. The summed E-state index contributed by atoms with van der Waals surface area (Å²) < 4.78 is 8.18. The van der Waals surface area contributed by atoms with Gasteiger partial charge in [-0.3, -0.25) is 0 Å². The maximum atomic E-state index is 5.06. The molecule has 0 aliphatic rings. The summed E-state index contributed by atoms with van der Waals surface area (Å²) in [6, 6.07) is 4.42. The molecule has 1 rings (SSSR count). The van der Waals surface area contributed by atoms with E-state index < -0.39 is 0 Å². The quantitative estimate of drug-likeness (QED) is 0.745. The Balaban J connectivity index is 2.73. The van der Waals surface area contributed by atoms with Gasteiger partial charge in [0.1, 0.15) is 0 Å². The second kappa shape index (κ2) is 6.99. The molecule has 2 nitrogen and oxygen atoms in total. The standard InChI is InChI=1S/C11H14Br3NO/c1-7(3-4-16-2)15-11-9(13)5-8(12)6-10(11)14/h5-7,15H,3-4H2,1-2H3. The van der Waals surface area contributed by atoms with Gasteiger partial charge < -0.3 is 10.1 Å². The van der Waals surface area contributed by atoms with Crippen molar-refractivity contribution in [1.82, 2.24) is 0 Å². The van der Waals surface area contributed by atoms with E-state index in [1.165, 1.54) is 0 Å². The summed E-state index contributed by atoms with van der Waals surface area (Å²) in [5.41, 5.74) is 1.08. The van der Waals surface area contributed by atoms with Crippen LogP contribution in [0.5, 0.6) is 0 Å². The Morgan fingerprint density at radius 2 is 1.81 bits per heavy atom. The molecule has 0 aliphatic carbocycles. The third-order valence-electron chi connectivity index (χ3n) is 2.15. The molecule has 0 spiro atoms. The Labute approximate surface area is 122 Å². The van der Waals surface area contributed by atoms with Gasteiger partial charge in [-0.05, 0) is 57.3 Å². The van der Waals surface area contributed by atoms with Crippen molar-refractivity contribution in [2.75, 3.05) is 19.0 Å². The van der Waals surface area contributed by atoms with Crippen LogP contribution >= 0.6 is 47.8 Å². The minimum absolute atomic E-state index is 0.369. The number of anilines is 1. The number of ether oxygens (including phenoxy) is 1. The van der Waals surface area contributed by atoms with Crippen LogP contribution in [0.1, 0.15) is 13.3 Å². The van der Waals surface area contributed by atoms with Crippen LogP contribution < -0.4 is 5.32 Å². The van der Waals surface area contributed by atoms with Gasteiger partial charge in [0, 0.05) is 33.2 Å². The molecular formula is C11H14Br3NO. The molecular weight excluding hydrogens is 402 g/mol. The molecule has 0 aromatic heterocycles. The molecule has 0 heterocycles. The first-order valence-corrected chi connectivity index (χ1v) is 7.32. The smallest absolute Gasteiger partial charge is 0.0631 e. The lowest BCUT2D eigenvalue weighted by atomic mass is 10.2. The van der Waals surface area contributed by atoms with Crippen LogP contribution in [-0.4, -0.2) is 19.8 Å². The highest BCUT2D eigenvalue weighted by Gasteiger charge is 2.09. The minimum atomic E-state index is 0.369. The van der Waals surface area contributed by atoms with Crippen LogP contribution in [0.2, 0.25) is 0 Å². The van der Waals surface area contributed by atoms with Crippen molar-refractivity contribution in [3.05, 3.63) is 25.6 Å². The van der Waals surface area contributed by atoms with Crippen LogP contribution in [0.15, 0.2) is 25.6 Å². The molecule has 0 bridgehead atoms. The SMILES string of the molecule is COCCC(C)Nc1c(Br)cc(Br)cc1Br. The van der Waals surface area contributed by atoms with Gasteiger partial charge in [0.05, 0.1) is 5.69 Å². The summed E-state index contributed by atoms with van der Waals surface area (Å²) in [5, 5.41) is 3.45. The number of nitrogens with one attached hydrogen (secondary N) is 1. The molecule has 0 radical (unpaired) electrons. The number of halogens is 3. The highest BCUT2D eigenvalue weighted by Crippen LogP contribution is 2.34. The van der Waals surface area contributed by atoms with E-state index in [0.717, 1.165) is 32.1 Å². The van der Waals surface area contributed by atoms with Gasteiger partial charge in [0.2, 0.25) is 0 Å². The van der Waals surface area contributed by atoms with E-state index in [9.17, 15) is 0 Å². The largest absolute Gasteiger partial charge is 0.385 e. The van der Waals surface area contributed by atoms with Crippen LogP contribution in [0, 0.1) is 0 Å². The van der Waals surface area contributed by atoms with Crippen molar-refractivity contribution in [3.63, 3.8) is 0 Å². The van der Waals surface area contributed by atoms with E-state index in [1.54, 1.807) is 7.11 Å². The topological polar surface area (TPSA) is 21.3 Å². The van der Waals surface area contributed by atoms with Gasteiger partial charge in [-0.1, -0.05) is 15.9 Å². The van der Waals surface area contributed by atoms with Crippen LogP contribution in [-0.2, 0) is 4.74 Å². The summed E-state index contributed by atoms with van der Waals surface area (Å²) in [7, 11) is 1.72. The predicted molar refractivity (Wildman–Crippen MR) is 79.1 cm³/mol. The van der Waals surface area contributed by atoms with Crippen LogP contribution in [0.25, 0.3) is 0 Å². The molecule has 0 saturated carbocycles. The zero-order chi connectivity index (χ0) is 12.1. The fourth-order valence-electron chi connectivity index (χ4n) is 1.29. The molecule has 1 aromatic carbocycles. The maximum Gasteiger partial charge on any atom is 0.0631 e. The lowest BCUT2D eigenvalue weighted by Crippen LogP contribution is -2.17. The number of benzene rings is 1. The Bertz CT molecular complexity index is 334. The van der Waals surface area contributed by atoms with E-state index in [4.69, 9.17) is 4.74 Å². The molecule has 0 amide bonds. The molecule has 5 heteroatoms. The molecule has 0 fully saturated rings. The third kappa shape index (κ3) is 4.35. The molecule has 1 atom stereocenters. The van der Waals surface area contributed by atoms with Crippen molar-refractivity contribution in [2.24, 2.45) is 0 Å². The summed E-state index contributed by atoms with van der Waals surface area (Å²) in [5.74, 6) is 0. The third-order valence-corrected chi connectivity index (χ3v) is 3.86. The Hall–Kier alpha value is 0.420. The Morgan fingerprint density at radius 1 is 1.25 bits per heavy atom. The average Bonchev–Trinajstić information content (AvgIpc) is 2.20. The summed E-state index contributed by atoms with van der Waals surface area (Å²) in [4.78, 5) is 0. The van der Waals surface area contributed by atoms with Gasteiger partial charge in [-0.25, -0.2) is 0 Å². The molecule has 1 N–H and O–H groups in total. The fraction of sp³-hybridized carbons (Fsp3) is 0.455. The highest BCUT2D eigenvalue weighted by atomic mass is 79.9. The zero-order valence-corrected chi connectivity index (χ0v) is 13.9. The molecule has 90 valence electrons. The highest BCUT2D eigenvalue weighted by molar-refractivity contribution is 9.11. The lowest BCUT2D eigenvalue weighted by Gasteiger charge is -2.17. The fourth-order valence-corrected chi connectivity index (χ4v) is 3.78. The molecule has 1 unspecified atom stereocenters. The first-order valence-electron chi connectivity index (χ1n) is 4.94. The van der Waals surface area contributed by atoms with Crippen molar-refractivity contribution in [1.29, 1.82) is 0 Å². The number of hydrogen-bond donors (Lipinski definition) is 1. The van der Waals surface area contributed by atoms with Gasteiger partial charge in [-0.2, -0.15) is 0 Å². The number of rotatable bonds is 5. The summed E-state index contributed by atoms with van der Waals surface area (Å²) >= 11 is 10.5. The van der Waals surface area contributed by atoms with E-state index in [1.807, 2.05) is 12.1 Å². The Morgan fingerprint density at radius 3 is 2.31 bits per heavy atom. The lowest BCUT2D eigenvalue weighted by molar-refractivity contribution is 0.191. The Kier molecular flexibility index (Phi) is 6.32. The molecule has 0 aliphatic heterocycles. The first kappa shape index (κ1) is 14.5. The second-order valence-corrected chi connectivity index (χ2v) is 6.20. The van der Waals surface area contributed by atoms with Gasteiger partial charge >= 0.3 is 0 Å². The summed E-state index contributed by atoms with van der Waals surface area (Å²) in [6.45, 7) is 2.90. The molecule has 1 aromatic rings. The van der Waals surface area contributed by atoms with E-state index >= 15 is 0 Å². The van der Waals surface area contributed by atoms with Crippen LogP contribution in [0.4, 0.5) is 5.69 Å². The number of hydrogen-bond acceptors (Lipinski definition) is 2. The van der Waals surface area contributed by atoms with Crippen LogP contribution in [0.3, 0.4) is 0 Å². The monoisotopic (exact) mass is 413 g/mol. The summed E-state index contributed by atoms with van der Waals surface area (Å²) in [6.07, 6.45) is 0.978. The van der Waals surface area contributed by atoms with E-state index in [2.05, 4.69) is 60.0 Å². The van der Waals surface area contributed by atoms with Crippen molar-refractivity contribution >= 4 is 53.5 Å². The van der Waals surface area contributed by atoms with Crippen molar-refractivity contribution in [3.8, 4) is 0 Å². The van der Waals surface area contributed by atoms with Crippen molar-refractivity contribution in [2.45, 2.75) is 19.4 Å². The van der Waals surface area contributed by atoms with Gasteiger partial charge in [0.25, 0.3) is 0 Å².